The first-order valence-electron chi connectivity index (χ1n) is 5.76. The van der Waals surface area contributed by atoms with E-state index in [0.29, 0.717) is 17.9 Å². The van der Waals surface area contributed by atoms with Gasteiger partial charge in [0.1, 0.15) is 6.33 Å². The highest BCUT2D eigenvalue weighted by molar-refractivity contribution is 5.59. The molecule has 0 amide bonds. The van der Waals surface area contributed by atoms with Gasteiger partial charge in [0.15, 0.2) is 5.82 Å². The number of nitrogens with two attached hydrogens (primary N) is 1. The van der Waals surface area contributed by atoms with Crippen LogP contribution in [0.4, 0.5) is 11.5 Å². The van der Waals surface area contributed by atoms with Crippen LogP contribution in [0.3, 0.4) is 0 Å². The molecule has 2 rings (SSSR count). The lowest BCUT2D eigenvalue weighted by Crippen LogP contribution is -2.27. The molecule has 1 aromatic heterocycles. The van der Waals surface area contributed by atoms with Crippen LogP contribution in [0.25, 0.3) is 0 Å². The number of hydrogen-bond donors (Lipinski definition) is 3. The number of nitrogen functional groups attached to an aromatic ring is 1. The van der Waals surface area contributed by atoms with Gasteiger partial charge in [-0.15, -0.1) is 0 Å². The SMILES string of the molecule is Nc1cncnc1NC(CO)Cc1ccccc1. The van der Waals surface area contributed by atoms with Crippen molar-refractivity contribution in [3.05, 3.63) is 48.4 Å². The minimum absolute atomic E-state index is 0.0122. The predicted molar refractivity (Wildman–Crippen MR) is 71.1 cm³/mol. The molecule has 2 aromatic rings. The standard InChI is InChI=1S/C13H16N4O/c14-12-7-15-9-16-13(12)17-11(8-18)6-10-4-2-1-3-5-10/h1-5,7,9,11,18H,6,8,14H2,(H,15,16,17). The zero-order chi connectivity index (χ0) is 12.8. The molecule has 1 unspecified atom stereocenters. The van der Waals surface area contributed by atoms with Crippen molar-refractivity contribution in [1.29, 1.82) is 0 Å². The molecule has 5 nitrogen and oxygen atoms in total. The second kappa shape index (κ2) is 5.97. The molecule has 0 saturated heterocycles. The molecule has 0 aliphatic carbocycles. The maximum atomic E-state index is 9.39. The molecular weight excluding hydrogens is 228 g/mol. The van der Waals surface area contributed by atoms with E-state index in [-0.39, 0.29) is 12.6 Å². The van der Waals surface area contributed by atoms with Crippen LogP contribution in [0.2, 0.25) is 0 Å². The fourth-order valence-electron chi connectivity index (χ4n) is 1.71. The van der Waals surface area contributed by atoms with Gasteiger partial charge in [-0.2, -0.15) is 0 Å². The Labute approximate surface area is 106 Å². The zero-order valence-electron chi connectivity index (χ0n) is 9.95. The zero-order valence-corrected chi connectivity index (χ0v) is 9.95. The Hall–Kier alpha value is -2.14. The molecule has 18 heavy (non-hydrogen) atoms. The van der Waals surface area contributed by atoms with E-state index in [2.05, 4.69) is 15.3 Å². The molecule has 1 heterocycles. The van der Waals surface area contributed by atoms with Gasteiger partial charge in [0.25, 0.3) is 0 Å². The minimum atomic E-state index is -0.121. The smallest absolute Gasteiger partial charge is 0.152 e. The molecule has 0 bridgehead atoms. The summed E-state index contributed by atoms with van der Waals surface area (Å²) in [6.45, 7) is 0.0122. The van der Waals surface area contributed by atoms with Crippen molar-refractivity contribution >= 4 is 11.5 Å². The molecule has 1 atom stereocenters. The second-order valence-electron chi connectivity index (χ2n) is 4.04. The van der Waals surface area contributed by atoms with Crippen LogP contribution >= 0.6 is 0 Å². The number of rotatable bonds is 5. The van der Waals surface area contributed by atoms with Gasteiger partial charge in [-0.1, -0.05) is 30.3 Å². The van der Waals surface area contributed by atoms with Crippen molar-refractivity contribution in [3.63, 3.8) is 0 Å². The highest BCUT2D eigenvalue weighted by Gasteiger charge is 2.10. The van der Waals surface area contributed by atoms with E-state index in [0.717, 1.165) is 5.56 Å². The van der Waals surface area contributed by atoms with Gasteiger partial charge < -0.3 is 16.2 Å². The summed E-state index contributed by atoms with van der Waals surface area (Å²) in [4.78, 5) is 7.87. The largest absolute Gasteiger partial charge is 0.394 e. The Morgan fingerprint density at radius 2 is 2.06 bits per heavy atom. The fourth-order valence-corrected chi connectivity index (χ4v) is 1.71. The third-order valence-corrected chi connectivity index (χ3v) is 2.63. The van der Waals surface area contributed by atoms with Crippen LogP contribution in [0.15, 0.2) is 42.9 Å². The quantitative estimate of drug-likeness (QED) is 0.732. The summed E-state index contributed by atoms with van der Waals surface area (Å²) in [5, 5.41) is 12.5. The number of anilines is 2. The summed E-state index contributed by atoms with van der Waals surface area (Å²) in [5.41, 5.74) is 7.37. The number of benzene rings is 1. The Balaban J connectivity index is 2.04. The third kappa shape index (κ3) is 3.18. The number of hydrogen-bond acceptors (Lipinski definition) is 5. The van der Waals surface area contributed by atoms with Crippen molar-refractivity contribution in [1.82, 2.24) is 9.97 Å². The minimum Gasteiger partial charge on any atom is -0.394 e. The molecule has 0 aliphatic rings. The predicted octanol–water partition coefficient (Wildman–Crippen LogP) is 1.07. The van der Waals surface area contributed by atoms with Gasteiger partial charge >= 0.3 is 0 Å². The maximum Gasteiger partial charge on any atom is 0.152 e. The van der Waals surface area contributed by atoms with Gasteiger partial charge in [0, 0.05) is 0 Å². The molecule has 5 heteroatoms. The molecule has 94 valence electrons. The van der Waals surface area contributed by atoms with E-state index in [9.17, 15) is 5.11 Å². The summed E-state index contributed by atoms with van der Waals surface area (Å²) in [6.07, 6.45) is 3.67. The first-order chi connectivity index (χ1) is 8.79. The Morgan fingerprint density at radius 1 is 1.28 bits per heavy atom. The summed E-state index contributed by atoms with van der Waals surface area (Å²) >= 11 is 0. The van der Waals surface area contributed by atoms with Gasteiger partial charge in [-0.05, 0) is 12.0 Å². The van der Waals surface area contributed by atoms with Crippen molar-refractivity contribution in [2.24, 2.45) is 0 Å². The van der Waals surface area contributed by atoms with Gasteiger partial charge in [-0.3, -0.25) is 0 Å². The molecule has 4 N–H and O–H groups in total. The first kappa shape index (κ1) is 12.3. The molecule has 1 aromatic carbocycles. The summed E-state index contributed by atoms with van der Waals surface area (Å²) in [6, 6.07) is 9.84. The normalized spacial score (nSPS) is 12.1. The molecule has 0 saturated carbocycles. The van der Waals surface area contributed by atoms with Crippen molar-refractivity contribution in [3.8, 4) is 0 Å². The first-order valence-corrected chi connectivity index (χ1v) is 5.76. The van der Waals surface area contributed by atoms with E-state index in [4.69, 9.17) is 5.73 Å². The number of nitrogens with zero attached hydrogens (tertiary/aromatic N) is 2. The summed E-state index contributed by atoms with van der Waals surface area (Å²) in [7, 11) is 0. The number of nitrogens with one attached hydrogen (secondary N) is 1. The number of aromatic nitrogens is 2. The Kier molecular flexibility index (Phi) is 4.09. The van der Waals surface area contributed by atoms with Crippen molar-refractivity contribution < 1.29 is 5.11 Å². The van der Waals surface area contributed by atoms with Crippen LogP contribution in [0.1, 0.15) is 5.56 Å². The molecular formula is C13H16N4O. The average Bonchev–Trinajstić information content (AvgIpc) is 2.41. The van der Waals surface area contributed by atoms with Gasteiger partial charge in [0.2, 0.25) is 0 Å². The third-order valence-electron chi connectivity index (χ3n) is 2.63. The number of aliphatic hydroxyl groups excluding tert-OH is 1. The monoisotopic (exact) mass is 244 g/mol. The van der Waals surface area contributed by atoms with Crippen LogP contribution in [-0.4, -0.2) is 27.7 Å². The van der Waals surface area contributed by atoms with Gasteiger partial charge in [0.05, 0.1) is 24.5 Å². The maximum absolute atomic E-state index is 9.39. The highest BCUT2D eigenvalue weighted by atomic mass is 16.3. The molecule has 0 fully saturated rings. The van der Waals surface area contributed by atoms with Crippen LogP contribution < -0.4 is 11.1 Å². The molecule has 0 aliphatic heterocycles. The molecule has 0 radical (unpaired) electrons. The van der Waals surface area contributed by atoms with Crippen LogP contribution in [0, 0.1) is 0 Å². The van der Waals surface area contributed by atoms with E-state index in [1.54, 1.807) is 0 Å². The lowest BCUT2D eigenvalue weighted by molar-refractivity contribution is 0.273. The highest BCUT2D eigenvalue weighted by Crippen LogP contribution is 2.14. The van der Waals surface area contributed by atoms with Crippen molar-refractivity contribution in [2.45, 2.75) is 12.5 Å². The van der Waals surface area contributed by atoms with E-state index in [1.165, 1.54) is 12.5 Å². The van der Waals surface area contributed by atoms with E-state index >= 15 is 0 Å². The summed E-state index contributed by atoms with van der Waals surface area (Å²) < 4.78 is 0. The van der Waals surface area contributed by atoms with Gasteiger partial charge in [-0.25, -0.2) is 9.97 Å². The lowest BCUT2D eigenvalue weighted by Gasteiger charge is -2.17. The Bertz CT molecular complexity index is 489. The van der Waals surface area contributed by atoms with E-state index < -0.39 is 0 Å². The lowest BCUT2D eigenvalue weighted by atomic mass is 10.1. The average molecular weight is 244 g/mol. The number of aliphatic hydroxyl groups is 1. The van der Waals surface area contributed by atoms with E-state index in [1.807, 2.05) is 30.3 Å². The Morgan fingerprint density at radius 3 is 2.72 bits per heavy atom. The summed E-state index contributed by atoms with van der Waals surface area (Å²) in [5.74, 6) is 0.556. The fraction of sp³-hybridized carbons (Fsp3) is 0.231. The van der Waals surface area contributed by atoms with Crippen LogP contribution in [0.5, 0.6) is 0 Å². The topological polar surface area (TPSA) is 84.1 Å². The van der Waals surface area contributed by atoms with Crippen molar-refractivity contribution in [2.75, 3.05) is 17.7 Å². The van der Waals surface area contributed by atoms with Crippen LogP contribution in [-0.2, 0) is 6.42 Å². The molecule has 0 spiro atoms. The second-order valence-corrected chi connectivity index (χ2v) is 4.04.